The van der Waals surface area contributed by atoms with Gasteiger partial charge < -0.3 is 4.57 Å². The normalized spacial score (nSPS) is 14.0. The predicted molar refractivity (Wildman–Crippen MR) is 81.3 cm³/mol. The van der Waals surface area contributed by atoms with Gasteiger partial charge in [0.25, 0.3) is 5.56 Å². The van der Waals surface area contributed by atoms with Crippen molar-refractivity contribution in [3.8, 4) is 0 Å². The number of carbonyl (C=O) groups excluding carboxylic acids is 1. The maximum absolute atomic E-state index is 12.6. The van der Waals surface area contributed by atoms with Crippen LogP contribution in [0.1, 0.15) is 38.5 Å². The molecule has 0 aromatic carbocycles. The minimum absolute atomic E-state index is 0.0539. The average Bonchev–Trinajstić information content (AvgIpc) is 2.92. The van der Waals surface area contributed by atoms with Crippen LogP contribution in [0.3, 0.4) is 0 Å². The predicted octanol–water partition coefficient (Wildman–Crippen LogP) is 1.26. The molecule has 5 nitrogen and oxygen atoms in total. The van der Waals surface area contributed by atoms with Crippen molar-refractivity contribution in [3.63, 3.8) is 0 Å². The first-order chi connectivity index (χ1) is 9.99. The summed E-state index contributed by atoms with van der Waals surface area (Å²) in [5.74, 6) is -0.286. The third kappa shape index (κ3) is 2.29. The number of fused-ring (bicyclic) bond motifs is 1. The Bertz CT molecular complexity index is 818. The summed E-state index contributed by atoms with van der Waals surface area (Å²) < 4.78 is 2.24. The van der Waals surface area contributed by atoms with E-state index in [-0.39, 0.29) is 11.3 Å². The Balaban J connectivity index is 2.09. The summed E-state index contributed by atoms with van der Waals surface area (Å²) in [5.41, 5.74) is 0.325. The number of aromatic nitrogens is 2. The number of thiophene rings is 1. The van der Waals surface area contributed by atoms with Gasteiger partial charge in [-0.05, 0) is 37.3 Å². The Morgan fingerprint density at radius 1 is 1.19 bits per heavy atom. The van der Waals surface area contributed by atoms with E-state index in [9.17, 15) is 14.4 Å². The fraction of sp³-hybridized carbons (Fsp3) is 0.400. The zero-order valence-electron chi connectivity index (χ0n) is 12.0. The van der Waals surface area contributed by atoms with E-state index in [2.05, 4.69) is 0 Å². The zero-order valence-corrected chi connectivity index (χ0v) is 12.8. The first-order valence-corrected chi connectivity index (χ1v) is 7.73. The molecule has 2 aromatic rings. The van der Waals surface area contributed by atoms with Crippen LogP contribution in [0.4, 0.5) is 0 Å². The van der Waals surface area contributed by atoms with Crippen LogP contribution in [-0.2, 0) is 26.9 Å². The van der Waals surface area contributed by atoms with E-state index in [0.29, 0.717) is 4.88 Å². The van der Waals surface area contributed by atoms with Crippen molar-refractivity contribution in [3.05, 3.63) is 54.0 Å². The lowest BCUT2D eigenvalue weighted by molar-refractivity contribution is 0.103. The Hall–Kier alpha value is -1.95. The average molecular weight is 304 g/mol. The molecule has 0 radical (unpaired) electrons. The van der Waals surface area contributed by atoms with Crippen molar-refractivity contribution in [2.75, 3.05) is 0 Å². The van der Waals surface area contributed by atoms with Crippen LogP contribution in [0.15, 0.2) is 21.9 Å². The quantitative estimate of drug-likeness (QED) is 0.785. The molecule has 0 saturated heterocycles. The van der Waals surface area contributed by atoms with Crippen molar-refractivity contribution in [2.24, 2.45) is 14.1 Å². The topological polar surface area (TPSA) is 61.1 Å². The number of nitrogens with zero attached hydrogens (tertiary/aromatic N) is 2. The summed E-state index contributed by atoms with van der Waals surface area (Å²) in [4.78, 5) is 38.2. The minimum Gasteiger partial charge on any atom is -0.303 e. The first-order valence-electron chi connectivity index (χ1n) is 6.92. The van der Waals surface area contributed by atoms with E-state index in [1.807, 2.05) is 6.07 Å². The van der Waals surface area contributed by atoms with E-state index in [0.717, 1.165) is 30.3 Å². The highest BCUT2D eigenvalue weighted by Gasteiger charge is 2.21. The van der Waals surface area contributed by atoms with Crippen molar-refractivity contribution >= 4 is 17.1 Å². The molecule has 1 aliphatic rings. The van der Waals surface area contributed by atoms with Crippen LogP contribution < -0.4 is 11.2 Å². The van der Waals surface area contributed by atoms with Gasteiger partial charge in [0.1, 0.15) is 5.56 Å². The van der Waals surface area contributed by atoms with Crippen molar-refractivity contribution < 1.29 is 4.79 Å². The van der Waals surface area contributed by atoms with Crippen molar-refractivity contribution in [2.45, 2.75) is 25.7 Å². The molecule has 1 aliphatic carbocycles. The zero-order chi connectivity index (χ0) is 15.1. The monoisotopic (exact) mass is 304 g/mol. The smallest absolute Gasteiger partial charge is 0.303 e. The lowest BCUT2D eigenvalue weighted by Crippen LogP contribution is -2.39. The Morgan fingerprint density at radius 2 is 1.90 bits per heavy atom. The lowest BCUT2D eigenvalue weighted by Gasteiger charge is -2.08. The molecule has 2 aromatic heterocycles. The van der Waals surface area contributed by atoms with Crippen LogP contribution in [0, 0.1) is 0 Å². The SMILES string of the molecule is Cn1cc(C(=O)c2cc3c(s2)CCCC3)c(=O)n(C)c1=O. The van der Waals surface area contributed by atoms with Crippen molar-refractivity contribution in [1.82, 2.24) is 9.13 Å². The summed E-state index contributed by atoms with van der Waals surface area (Å²) in [6.07, 6.45) is 5.66. The van der Waals surface area contributed by atoms with E-state index in [1.54, 1.807) is 0 Å². The fourth-order valence-corrected chi connectivity index (χ4v) is 3.91. The van der Waals surface area contributed by atoms with Gasteiger partial charge >= 0.3 is 5.69 Å². The summed E-state index contributed by atoms with van der Waals surface area (Å²) in [6, 6.07) is 1.91. The standard InChI is InChI=1S/C15H16N2O3S/c1-16-8-10(14(19)17(2)15(16)20)13(18)12-7-9-5-3-4-6-11(9)21-12/h7-8H,3-6H2,1-2H3. The highest BCUT2D eigenvalue weighted by atomic mass is 32.1. The van der Waals surface area contributed by atoms with Crippen LogP contribution >= 0.6 is 11.3 Å². The Morgan fingerprint density at radius 3 is 2.62 bits per heavy atom. The van der Waals surface area contributed by atoms with Crippen LogP contribution in [0.2, 0.25) is 0 Å². The Labute approximate surface area is 125 Å². The van der Waals surface area contributed by atoms with Gasteiger partial charge in [0.15, 0.2) is 0 Å². The van der Waals surface area contributed by atoms with Gasteiger partial charge in [-0.2, -0.15) is 0 Å². The highest BCUT2D eigenvalue weighted by molar-refractivity contribution is 7.14. The number of hydrogen-bond donors (Lipinski definition) is 0. The maximum Gasteiger partial charge on any atom is 0.330 e. The molecule has 0 spiro atoms. The van der Waals surface area contributed by atoms with Gasteiger partial charge in [0.05, 0.1) is 4.88 Å². The molecule has 0 atom stereocenters. The summed E-state index contributed by atoms with van der Waals surface area (Å²) in [6.45, 7) is 0. The first kappa shape index (κ1) is 14.0. The summed E-state index contributed by atoms with van der Waals surface area (Å²) in [7, 11) is 2.93. The third-order valence-corrected chi connectivity index (χ3v) is 5.15. The molecule has 0 amide bonds. The van der Waals surface area contributed by atoms with Gasteiger partial charge in [-0.25, -0.2) is 4.79 Å². The lowest BCUT2D eigenvalue weighted by atomic mass is 9.99. The second-order valence-electron chi connectivity index (χ2n) is 5.40. The van der Waals surface area contributed by atoms with E-state index in [4.69, 9.17) is 0 Å². The van der Waals surface area contributed by atoms with Gasteiger partial charge in [-0.3, -0.25) is 14.2 Å². The second-order valence-corrected chi connectivity index (χ2v) is 6.53. The van der Waals surface area contributed by atoms with Crippen LogP contribution in [0.25, 0.3) is 0 Å². The van der Waals surface area contributed by atoms with Gasteiger partial charge in [0.2, 0.25) is 5.78 Å². The highest BCUT2D eigenvalue weighted by Crippen LogP contribution is 2.30. The molecule has 3 rings (SSSR count). The molecule has 0 aliphatic heterocycles. The molecule has 0 saturated carbocycles. The minimum atomic E-state index is -0.533. The Kier molecular flexibility index (Phi) is 3.41. The molecule has 0 fully saturated rings. The molecular formula is C15H16N2O3S. The molecule has 2 heterocycles. The molecule has 0 unspecified atom stereocenters. The van der Waals surface area contributed by atoms with Gasteiger partial charge in [0, 0.05) is 25.2 Å². The van der Waals surface area contributed by atoms with Crippen LogP contribution in [0.5, 0.6) is 0 Å². The molecule has 6 heteroatoms. The number of carbonyl (C=O) groups is 1. The van der Waals surface area contributed by atoms with Gasteiger partial charge in [-0.15, -0.1) is 11.3 Å². The van der Waals surface area contributed by atoms with E-state index >= 15 is 0 Å². The molecule has 21 heavy (non-hydrogen) atoms. The molecule has 110 valence electrons. The number of aryl methyl sites for hydroxylation is 3. The maximum atomic E-state index is 12.6. The van der Waals surface area contributed by atoms with E-state index < -0.39 is 11.2 Å². The molecule has 0 N–H and O–H groups in total. The molecule has 0 bridgehead atoms. The number of ketones is 1. The number of hydrogen-bond acceptors (Lipinski definition) is 4. The fourth-order valence-electron chi connectivity index (χ4n) is 2.70. The number of rotatable bonds is 2. The third-order valence-electron chi connectivity index (χ3n) is 3.91. The summed E-state index contributed by atoms with van der Waals surface area (Å²) >= 11 is 1.48. The van der Waals surface area contributed by atoms with Crippen LogP contribution in [-0.4, -0.2) is 14.9 Å². The van der Waals surface area contributed by atoms with E-state index in [1.165, 1.54) is 46.6 Å². The van der Waals surface area contributed by atoms with Crippen molar-refractivity contribution in [1.29, 1.82) is 0 Å². The molecular weight excluding hydrogens is 288 g/mol. The largest absolute Gasteiger partial charge is 0.330 e. The summed E-state index contributed by atoms with van der Waals surface area (Å²) in [5, 5.41) is 0. The van der Waals surface area contributed by atoms with Gasteiger partial charge in [-0.1, -0.05) is 0 Å². The second kappa shape index (κ2) is 5.11.